The molecular formula is C40H42FN5O3. The zero-order chi connectivity index (χ0) is 34.9. The standard InChI is InChI=1S/C40H42FN5O3/c1-27(42)32-9-6-10-34(26-32)39(48)46(3)37(25-30-11-14-31-7-4-5-8-33(31)23-30)40(49)45(2)36(24-29-12-15-35(41)16-13-29)38(47)44-22-19-28-17-20-43-21-18-28/h4-18,20-21,23,26-27,36-37H,19,22,24-25,42H2,1-3H3,(H,44,47)/t27?,36-,37-/m1/s1. The second kappa shape index (κ2) is 16.1. The van der Waals surface area contributed by atoms with Gasteiger partial charge in [0.05, 0.1) is 0 Å². The van der Waals surface area contributed by atoms with Crippen molar-refractivity contribution in [1.29, 1.82) is 0 Å². The fraction of sp³-hybridized carbons (Fsp3) is 0.250. The van der Waals surface area contributed by atoms with Crippen LogP contribution in [0.4, 0.5) is 4.39 Å². The molecule has 0 aliphatic rings. The number of carbonyl (C=O) groups is 3. The molecular weight excluding hydrogens is 617 g/mol. The number of nitrogens with one attached hydrogen (secondary N) is 1. The fourth-order valence-electron chi connectivity index (χ4n) is 5.91. The zero-order valence-corrected chi connectivity index (χ0v) is 28.1. The molecule has 1 aromatic heterocycles. The number of halogens is 1. The Kier molecular flexibility index (Phi) is 11.5. The van der Waals surface area contributed by atoms with Crippen LogP contribution in [-0.4, -0.2) is 65.2 Å². The summed E-state index contributed by atoms with van der Waals surface area (Å²) in [6.45, 7) is 2.19. The van der Waals surface area contributed by atoms with E-state index in [1.165, 1.54) is 21.9 Å². The Hall–Kier alpha value is -5.41. The molecule has 9 heteroatoms. The predicted molar refractivity (Wildman–Crippen MR) is 190 cm³/mol. The maximum absolute atomic E-state index is 14.6. The molecule has 0 spiro atoms. The van der Waals surface area contributed by atoms with E-state index in [0.717, 1.165) is 27.5 Å². The molecule has 4 aromatic carbocycles. The second-order valence-corrected chi connectivity index (χ2v) is 12.4. The van der Waals surface area contributed by atoms with Crippen LogP contribution >= 0.6 is 0 Å². The number of carbonyl (C=O) groups excluding carboxylic acids is 3. The van der Waals surface area contributed by atoms with Gasteiger partial charge in [-0.25, -0.2) is 4.39 Å². The molecule has 3 N–H and O–H groups in total. The van der Waals surface area contributed by atoms with Crippen molar-refractivity contribution in [3.05, 3.63) is 149 Å². The summed E-state index contributed by atoms with van der Waals surface area (Å²) in [4.78, 5) is 49.3. The first-order valence-electron chi connectivity index (χ1n) is 16.4. The summed E-state index contributed by atoms with van der Waals surface area (Å²) < 4.78 is 13.8. The van der Waals surface area contributed by atoms with Crippen molar-refractivity contribution < 1.29 is 18.8 Å². The van der Waals surface area contributed by atoms with Crippen molar-refractivity contribution in [2.75, 3.05) is 20.6 Å². The molecule has 3 amide bonds. The number of amides is 3. The Morgan fingerprint density at radius 1 is 0.755 bits per heavy atom. The van der Waals surface area contributed by atoms with Crippen LogP contribution in [0.2, 0.25) is 0 Å². The lowest BCUT2D eigenvalue weighted by Crippen LogP contribution is -2.56. The van der Waals surface area contributed by atoms with E-state index in [0.29, 0.717) is 24.1 Å². The van der Waals surface area contributed by atoms with Gasteiger partial charge in [0.25, 0.3) is 5.91 Å². The second-order valence-electron chi connectivity index (χ2n) is 12.4. The maximum atomic E-state index is 14.6. The van der Waals surface area contributed by atoms with Crippen molar-refractivity contribution in [2.24, 2.45) is 5.73 Å². The number of pyridine rings is 1. The van der Waals surface area contributed by atoms with Gasteiger partial charge >= 0.3 is 0 Å². The third-order valence-electron chi connectivity index (χ3n) is 8.90. The highest BCUT2D eigenvalue weighted by atomic mass is 19.1. The van der Waals surface area contributed by atoms with E-state index in [4.69, 9.17) is 5.73 Å². The lowest BCUT2D eigenvalue weighted by molar-refractivity contribution is -0.142. The molecule has 5 rings (SSSR count). The van der Waals surface area contributed by atoms with Gasteiger partial charge in [0, 0.05) is 57.5 Å². The summed E-state index contributed by atoms with van der Waals surface area (Å²) in [5.41, 5.74) is 9.89. The summed E-state index contributed by atoms with van der Waals surface area (Å²) in [7, 11) is 3.20. The minimum Gasteiger partial charge on any atom is -0.354 e. The van der Waals surface area contributed by atoms with Gasteiger partial charge in [0.2, 0.25) is 11.8 Å². The average molecular weight is 660 g/mol. The van der Waals surface area contributed by atoms with Gasteiger partial charge in [-0.1, -0.05) is 66.7 Å². The SMILES string of the molecule is CC(N)c1cccc(C(=O)N(C)[C@H](Cc2ccc3ccccc3c2)C(=O)N(C)[C@H](Cc2ccc(F)cc2)C(=O)NCCc2ccncc2)c1. The van der Waals surface area contributed by atoms with Crippen LogP contribution < -0.4 is 11.1 Å². The number of hydrogen-bond acceptors (Lipinski definition) is 5. The normalized spacial score (nSPS) is 12.9. The summed E-state index contributed by atoms with van der Waals surface area (Å²) in [5, 5.41) is 5.06. The Bertz CT molecular complexity index is 1900. The van der Waals surface area contributed by atoms with Crippen molar-refractivity contribution in [2.45, 2.75) is 44.3 Å². The highest BCUT2D eigenvalue weighted by molar-refractivity contribution is 5.98. The van der Waals surface area contributed by atoms with Crippen molar-refractivity contribution in [1.82, 2.24) is 20.1 Å². The minimum atomic E-state index is -0.946. The van der Waals surface area contributed by atoms with Crippen LogP contribution in [0.25, 0.3) is 10.8 Å². The van der Waals surface area contributed by atoms with Crippen LogP contribution in [0, 0.1) is 5.82 Å². The van der Waals surface area contributed by atoms with Gasteiger partial charge in [-0.15, -0.1) is 0 Å². The molecule has 5 aromatic rings. The highest BCUT2D eigenvalue weighted by Crippen LogP contribution is 2.22. The van der Waals surface area contributed by atoms with Gasteiger partial charge in [-0.2, -0.15) is 0 Å². The average Bonchev–Trinajstić information content (AvgIpc) is 3.12. The first-order chi connectivity index (χ1) is 23.6. The lowest BCUT2D eigenvalue weighted by Gasteiger charge is -2.35. The summed E-state index contributed by atoms with van der Waals surface area (Å²) >= 11 is 0. The Balaban J connectivity index is 1.46. The largest absolute Gasteiger partial charge is 0.354 e. The summed E-state index contributed by atoms with van der Waals surface area (Å²) in [5.74, 6) is -1.48. The van der Waals surface area contributed by atoms with Gasteiger partial charge in [0.15, 0.2) is 0 Å². The molecule has 0 saturated carbocycles. The molecule has 0 bridgehead atoms. The molecule has 0 saturated heterocycles. The smallest absolute Gasteiger partial charge is 0.254 e. The summed E-state index contributed by atoms with van der Waals surface area (Å²) in [6.07, 6.45) is 4.34. The number of hydrogen-bond donors (Lipinski definition) is 2. The number of rotatable bonds is 13. The number of fused-ring (bicyclic) bond motifs is 1. The van der Waals surface area contributed by atoms with E-state index in [2.05, 4.69) is 10.3 Å². The highest BCUT2D eigenvalue weighted by Gasteiger charge is 2.35. The van der Waals surface area contributed by atoms with Gasteiger partial charge < -0.3 is 20.9 Å². The number of benzene rings is 4. The molecule has 0 aliphatic heterocycles. The van der Waals surface area contributed by atoms with E-state index in [-0.39, 0.29) is 30.7 Å². The van der Waals surface area contributed by atoms with Gasteiger partial charge in [-0.3, -0.25) is 19.4 Å². The third kappa shape index (κ3) is 8.94. The third-order valence-corrected chi connectivity index (χ3v) is 8.90. The monoisotopic (exact) mass is 659 g/mol. The van der Waals surface area contributed by atoms with Crippen LogP contribution in [0.15, 0.2) is 116 Å². The van der Waals surface area contributed by atoms with Gasteiger partial charge in [0.1, 0.15) is 17.9 Å². The minimum absolute atomic E-state index is 0.153. The topological polar surface area (TPSA) is 109 Å². The Morgan fingerprint density at radius 2 is 1.43 bits per heavy atom. The van der Waals surface area contributed by atoms with E-state index in [1.54, 1.807) is 56.8 Å². The molecule has 1 heterocycles. The zero-order valence-electron chi connectivity index (χ0n) is 28.1. The first-order valence-corrected chi connectivity index (χ1v) is 16.4. The van der Waals surface area contributed by atoms with Crippen LogP contribution in [0.1, 0.15) is 45.6 Å². The number of aromatic nitrogens is 1. The molecule has 1 unspecified atom stereocenters. The van der Waals surface area contributed by atoms with Crippen LogP contribution in [0.5, 0.6) is 0 Å². The molecule has 49 heavy (non-hydrogen) atoms. The summed E-state index contributed by atoms with van der Waals surface area (Å²) in [6, 6.07) is 28.5. The molecule has 8 nitrogen and oxygen atoms in total. The molecule has 3 atom stereocenters. The molecule has 252 valence electrons. The number of nitrogens with zero attached hydrogens (tertiary/aromatic N) is 3. The van der Waals surface area contributed by atoms with E-state index < -0.39 is 23.8 Å². The van der Waals surface area contributed by atoms with Crippen molar-refractivity contribution >= 4 is 28.5 Å². The van der Waals surface area contributed by atoms with Crippen molar-refractivity contribution in [3.8, 4) is 0 Å². The Labute approximate surface area is 286 Å². The van der Waals surface area contributed by atoms with Crippen molar-refractivity contribution in [3.63, 3.8) is 0 Å². The lowest BCUT2D eigenvalue weighted by atomic mass is 9.97. The molecule has 0 aliphatic carbocycles. The van der Waals surface area contributed by atoms with E-state index in [9.17, 15) is 18.8 Å². The van der Waals surface area contributed by atoms with E-state index in [1.807, 2.05) is 67.6 Å². The number of nitrogens with two attached hydrogens (primary N) is 1. The predicted octanol–water partition coefficient (Wildman–Crippen LogP) is 5.51. The number of likely N-dealkylation sites (N-methyl/N-ethyl adjacent to an activating group) is 2. The van der Waals surface area contributed by atoms with E-state index >= 15 is 0 Å². The quantitative estimate of drug-likeness (QED) is 0.174. The molecule has 0 fully saturated rings. The van der Waals surface area contributed by atoms with Crippen LogP contribution in [0.3, 0.4) is 0 Å². The Morgan fingerprint density at radius 3 is 2.14 bits per heavy atom. The van der Waals surface area contributed by atoms with Crippen LogP contribution in [-0.2, 0) is 28.9 Å². The maximum Gasteiger partial charge on any atom is 0.254 e. The molecule has 0 radical (unpaired) electrons. The first kappa shape index (κ1) is 34.9. The van der Waals surface area contributed by atoms with Gasteiger partial charge in [-0.05, 0) is 82.8 Å². The fourth-order valence-corrected chi connectivity index (χ4v) is 5.91.